The van der Waals surface area contributed by atoms with Gasteiger partial charge in [-0.3, -0.25) is 4.79 Å². The summed E-state index contributed by atoms with van der Waals surface area (Å²) in [6.45, 7) is 5.87. The molecule has 3 atom stereocenters. The second kappa shape index (κ2) is 11.4. The SMILES string of the molecule is C=C[C@H](Cc1ccc(C(F)(F)F)cc1)[C@@H](Cc1ccc(F)cc1)[C@H](C)c1cnc([C]=O)c(O)c1OC. The standard InChI is InChI=1S/C28H26F4NO3/c1-4-20(13-18-5-9-21(10-6-18)28(30,31)32)23(14-19-7-11-22(29)12-8-19)17(2)24-15-33-25(16-34)26(35)27(24)36-3/h4-12,15,17,20,23,35H,1,13-14H2,2-3H3/t17-,20+,23-/m0/s1. The van der Waals surface area contributed by atoms with E-state index in [0.717, 1.165) is 17.7 Å². The van der Waals surface area contributed by atoms with Crippen LogP contribution in [0.5, 0.6) is 11.5 Å². The third-order valence-electron chi connectivity index (χ3n) is 6.46. The van der Waals surface area contributed by atoms with Gasteiger partial charge in [-0.2, -0.15) is 13.2 Å². The Labute approximate surface area is 207 Å². The lowest BCUT2D eigenvalue weighted by Crippen LogP contribution is -2.24. The van der Waals surface area contributed by atoms with Crippen LogP contribution in [0.15, 0.2) is 67.4 Å². The summed E-state index contributed by atoms with van der Waals surface area (Å²) in [5, 5.41) is 10.4. The highest BCUT2D eigenvalue weighted by molar-refractivity contribution is 5.78. The van der Waals surface area contributed by atoms with Gasteiger partial charge in [-0.05, 0) is 66.0 Å². The summed E-state index contributed by atoms with van der Waals surface area (Å²) in [6, 6.07) is 11.1. The highest BCUT2D eigenvalue weighted by Gasteiger charge is 2.32. The summed E-state index contributed by atoms with van der Waals surface area (Å²) in [5.74, 6) is -1.42. The number of aromatic hydroxyl groups is 1. The van der Waals surface area contributed by atoms with Gasteiger partial charge in [-0.25, -0.2) is 9.37 Å². The van der Waals surface area contributed by atoms with Crippen LogP contribution in [-0.2, 0) is 23.8 Å². The number of allylic oxidation sites excluding steroid dienone is 1. The molecule has 36 heavy (non-hydrogen) atoms. The Kier molecular flexibility index (Phi) is 8.50. The van der Waals surface area contributed by atoms with E-state index in [9.17, 15) is 27.5 Å². The number of aromatic nitrogens is 1. The van der Waals surface area contributed by atoms with Gasteiger partial charge in [0.05, 0.1) is 12.7 Å². The van der Waals surface area contributed by atoms with Crippen molar-refractivity contribution in [3.63, 3.8) is 0 Å². The van der Waals surface area contributed by atoms with Gasteiger partial charge in [0.2, 0.25) is 0 Å². The maximum absolute atomic E-state index is 13.5. The molecule has 1 aromatic heterocycles. The molecule has 0 aliphatic carbocycles. The van der Waals surface area contributed by atoms with E-state index in [0.29, 0.717) is 24.0 Å². The van der Waals surface area contributed by atoms with Gasteiger partial charge in [-0.15, -0.1) is 6.58 Å². The normalized spacial score (nSPS) is 14.1. The van der Waals surface area contributed by atoms with Crippen LogP contribution < -0.4 is 4.74 Å². The van der Waals surface area contributed by atoms with Crippen LogP contribution >= 0.6 is 0 Å². The molecule has 0 amide bonds. The Balaban J connectivity index is 2.00. The predicted octanol–water partition coefficient (Wildman–Crippen LogP) is 6.42. The average Bonchev–Trinajstić information content (AvgIpc) is 2.86. The minimum Gasteiger partial charge on any atom is -0.503 e. The van der Waals surface area contributed by atoms with E-state index in [2.05, 4.69) is 11.6 Å². The van der Waals surface area contributed by atoms with Crippen LogP contribution in [0, 0.1) is 17.7 Å². The monoisotopic (exact) mass is 500 g/mol. The first-order valence-corrected chi connectivity index (χ1v) is 11.3. The number of ether oxygens (including phenoxy) is 1. The molecule has 3 rings (SSSR count). The van der Waals surface area contributed by atoms with Crippen molar-refractivity contribution in [2.24, 2.45) is 11.8 Å². The predicted molar refractivity (Wildman–Crippen MR) is 128 cm³/mol. The molecule has 0 unspecified atom stereocenters. The quantitative estimate of drug-likeness (QED) is 0.258. The first-order valence-electron chi connectivity index (χ1n) is 11.3. The summed E-state index contributed by atoms with van der Waals surface area (Å²) >= 11 is 0. The summed E-state index contributed by atoms with van der Waals surface area (Å²) in [6.07, 6.45) is 1.21. The minimum absolute atomic E-state index is 0.0947. The molecule has 1 radical (unpaired) electrons. The summed E-state index contributed by atoms with van der Waals surface area (Å²) in [5.41, 5.74) is 1.09. The maximum atomic E-state index is 13.5. The number of benzene rings is 2. The first kappa shape index (κ1) is 26.9. The van der Waals surface area contributed by atoms with Gasteiger partial charge < -0.3 is 9.84 Å². The van der Waals surface area contributed by atoms with Crippen LogP contribution in [0.3, 0.4) is 0 Å². The fourth-order valence-corrected chi connectivity index (χ4v) is 4.45. The number of methoxy groups -OCH3 is 1. The number of nitrogens with zero attached hydrogens (tertiary/aromatic N) is 1. The molecule has 0 aliphatic heterocycles. The van der Waals surface area contributed by atoms with Crippen molar-refractivity contribution in [1.82, 2.24) is 4.98 Å². The third-order valence-corrected chi connectivity index (χ3v) is 6.46. The Morgan fingerprint density at radius 1 is 1.08 bits per heavy atom. The van der Waals surface area contributed by atoms with E-state index in [1.807, 2.05) is 6.92 Å². The number of carbonyl (C=O) groups excluding carboxylic acids is 1. The molecule has 4 nitrogen and oxygen atoms in total. The largest absolute Gasteiger partial charge is 0.503 e. The molecule has 3 aromatic rings. The van der Waals surface area contributed by atoms with Crippen molar-refractivity contribution in [2.45, 2.75) is 31.9 Å². The third kappa shape index (κ3) is 6.11. The molecule has 0 saturated heterocycles. The number of alkyl halides is 3. The zero-order chi connectivity index (χ0) is 26.5. The maximum Gasteiger partial charge on any atom is 0.416 e. The van der Waals surface area contributed by atoms with Crippen LogP contribution in [0.1, 0.15) is 40.8 Å². The second-order valence-corrected chi connectivity index (χ2v) is 8.63. The van der Waals surface area contributed by atoms with Gasteiger partial charge in [0.1, 0.15) is 5.82 Å². The van der Waals surface area contributed by atoms with Crippen LogP contribution in [0.25, 0.3) is 0 Å². The summed E-state index contributed by atoms with van der Waals surface area (Å²) in [7, 11) is 1.36. The van der Waals surface area contributed by atoms with Crippen molar-refractivity contribution >= 4 is 6.29 Å². The van der Waals surface area contributed by atoms with E-state index in [4.69, 9.17) is 4.74 Å². The topological polar surface area (TPSA) is 59.4 Å². The molecule has 0 aliphatic rings. The van der Waals surface area contributed by atoms with Crippen LogP contribution in [-0.4, -0.2) is 23.5 Å². The van der Waals surface area contributed by atoms with Gasteiger partial charge in [-0.1, -0.05) is 37.3 Å². The number of pyridine rings is 1. The Morgan fingerprint density at radius 2 is 1.67 bits per heavy atom. The van der Waals surface area contributed by atoms with Crippen molar-refractivity contribution in [3.8, 4) is 11.5 Å². The highest BCUT2D eigenvalue weighted by atomic mass is 19.4. The van der Waals surface area contributed by atoms with Gasteiger partial charge in [0, 0.05) is 11.8 Å². The molecule has 0 bridgehead atoms. The average molecular weight is 501 g/mol. The molecule has 189 valence electrons. The molecule has 8 heteroatoms. The van der Waals surface area contributed by atoms with Crippen LogP contribution in [0.4, 0.5) is 17.6 Å². The number of rotatable bonds is 10. The van der Waals surface area contributed by atoms with Crippen molar-refractivity contribution in [3.05, 3.63) is 101 Å². The minimum atomic E-state index is -4.42. The summed E-state index contributed by atoms with van der Waals surface area (Å²) in [4.78, 5) is 15.1. The summed E-state index contributed by atoms with van der Waals surface area (Å²) < 4.78 is 57.9. The first-order chi connectivity index (χ1) is 17.1. The van der Waals surface area contributed by atoms with Gasteiger partial charge >= 0.3 is 6.18 Å². The zero-order valence-corrected chi connectivity index (χ0v) is 19.8. The Bertz CT molecular complexity index is 1190. The Morgan fingerprint density at radius 3 is 2.19 bits per heavy atom. The van der Waals surface area contributed by atoms with E-state index in [1.165, 1.54) is 37.6 Å². The second-order valence-electron chi connectivity index (χ2n) is 8.63. The molecule has 1 N–H and O–H groups in total. The zero-order valence-electron chi connectivity index (χ0n) is 19.8. The van der Waals surface area contributed by atoms with E-state index in [1.54, 1.807) is 24.5 Å². The number of halogens is 4. The molecule has 2 aromatic carbocycles. The lowest BCUT2D eigenvalue weighted by atomic mass is 9.73. The van der Waals surface area contributed by atoms with E-state index < -0.39 is 17.5 Å². The molecule has 1 heterocycles. The Hall–Kier alpha value is -3.68. The highest BCUT2D eigenvalue weighted by Crippen LogP contribution is 2.42. The van der Waals surface area contributed by atoms with Crippen molar-refractivity contribution in [2.75, 3.05) is 7.11 Å². The van der Waals surface area contributed by atoms with Crippen LogP contribution in [0.2, 0.25) is 0 Å². The van der Waals surface area contributed by atoms with Gasteiger partial charge in [0.15, 0.2) is 17.2 Å². The van der Waals surface area contributed by atoms with E-state index in [-0.39, 0.29) is 35.0 Å². The molecular formula is C28H26F4NO3. The lowest BCUT2D eigenvalue weighted by molar-refractivity contribution is -0.137. The lowest BCUT2D eigenvalue weighted by Gasteiger charge is -2.32. The number of hydrogen-bond donors (Lipinski definition) is 1. The molecular weight excluding hydrogens is 474 g/mol. The van der Waals surface area contributed by atoms with E-state index >= 15 is 0 Å². The molecule has 0 fully saturated rings. The smallest absolute Gasteiger partial charge is 0.416 e. The fraction of sp³-hybridized carbons (Fsp3) is 0.286. The molecule has 0 saturated carbocycles. The number of hydrogen-bond acceptors (Lipinski definition) is 4. The van der Waals surface area contributed by atoms with Crippen molar-refractivity contribution in [1.29, 1.82) is 0 Å². The van der Waals surface area contributed by atoms with Gasteiger partial charge in [0.25, 0.3) is 6.29 Å². The fourth-order valence-electron chi connectivity index (χ4n) is 4.45. The van der Waals surface area contributed by atoms with Crippen molar-refractivity contribution < 1.29 is 32.2 Å². The molecule has 0 spiro atoms.